The molecule has 0 atom stereocenters. The molecule has 0 fully saturated rings. The molecule has 0 spiro atoms. The van der Waals surface area contributed by atoms with Crippen LogP contribution in [0.1, 0.15) is 23.1 Å². The first-order valence-electron chi connectivity index (χ1n) is 7.40. The lowest BCUT2D eigenvalue weighted by molar-refractivity contribution is -0.118. The van der Waals surface area contributed by atoms with Crippen molar-refractivity contribution in [1.29, 1.82) is 0 Å². The Morgan fingerprint density at radius 2 is 1.88 bits per heavy atom. The summed E-state index contributed by atoms with van der Waals surface area (Å²) in [7, 11) is 1.57. The summed E-state index contributed by atoms with van der Waals surface area (Å²) in [6.45, 7) is 3.79. The highest BCUT2D eigenvalue weighted by Crippen LogP contribution is 2.20. The molecule has 2 rings (SSSR count). The topological polar surface area (TPSA) is 108 Å². The molecule has 0 aliphatic heterocycles. The van der Waals surface area contributed by atoms with Crippen LogP contribution in [-0.2, 0) is 11.3 Å². The fourth-order valence-electron chi connectivity index (χ4n) is 2.21. The van der Waals surface area contributed by atoms with Crippen molar-refractivity contribution in [2.24, 2.45) is 5.73 Å². The molecule has 0 radical (unpaired) electrons. The molecule has 0 aliphatic rings. The third-order valence-corrected chi connectivity index (χ3v) is 3.35. The molecule has 1 aromatic heterocycles. The number of benzene rings is 1. The van der Waals surface area contributed by atoms with Gasteiger partial charge in [0, 0.05) is 6.54 Å². The number of nitrogens with one attached hydrogen (secondary N) is 1. The molecule has 0 saturated heterocycles. The van der Waals surface area contributed by atoms with E-state index in [1.165, 1.54) is 4.68 Å². The van der Waals surface area contributed by atoms with Gasteiger partial charge in [0.2, 0.25) is 0 Å². The van der Waals surface area contributed by atoms with Crippen molar-refractivity contribution in [3.63, 3.8) is 0 Å². The smallest absolute Gasteiger partial charge is 0.269 e. The summed E-state index contributed by atoms with van der Waals surface area (Å²) in [6, 6.07) is 6.85. The number of carbonyl (C=O) groups excluding carboxylic acids is 2. The van der Waals surface area contributed by atoms with Crippen LogP contribution in [0.4, 0.5) is 5.69 Å². The zero-order chi connectivity index (χ0) is 17.7. The van der Waals surface area contributed by atoms with E-state index in [0.717, 1.165) is 0 Å². The van der Waals surface area contributed by atoms with Gasteiger partial charge in [-0.05, 0) is 38.1 Å². The minimum absolute atomic E-state index is 0.174. The van der Waals surface area contributed by atoms with E-state index in [9.17, 15) is 9.59 Å². The number of primary amides is 1. The van der Waals surface area contributed by atoms with Crippen LogP contribution in [0.15, 0.2) is 24.3 Å². The Kier molecular flexibility index (Phi) is 5.41. The second kappa shape index (κ2) is 7.49. The normalized spacial score (nSPS) is 10.3. The molecular weight excluding hydrogens is 312 g/mol. The summed E-state index contributed by atoms with van der Waals surface area (Å²) in [5, 5.41) is 6.82. The Bertz CT molecular complexity index is 737. The van der Waals surface area contributed by atoms with Crippen LogP contribution in [-0.4, -0.2) is 35.3 Å². The summed E-state index contributed by atoms with van der Waals surface area (Å²) in [6.07, 6.45) is 0. The predicted octanol–water partition coefficient (Wildman–Crippen LogP) is 1.34. The van der Waals surface area contributed by atoms with Gasteiger partial charge in [0.25, 0.3) is 11.8 Å². The zero-order valence-electron chi connectivity index (χ0n) is 13.8. The van der Waals surface area contributed by atoms with Crippen molar-refractivity contribution in [3.05, 3.63) is 35.7 Å². The van der Waals surface area contributed by atoms with Crippen LogP contribution in [0.2, 0.25) is 0 Å². The molecule has 8 heteroatoms. The maximum absolute atomic E-state index is 12.1. The number of nitrogens with zero attached hydrogens (tertiary/aromatic N) is 2. The number of hydrogen-bond acceptors (Lipinski definition) is 5. The number of nitrogens with two attached hydrogens (primary N) is 1. The Morgan fingerprint density at radius 1 is 1.25 bits per heavy atom. The van der Waals surface area contributed by atoms with E-state index in [1.54, 1.807) is 38.3 Å². The molecule has 2 amide bonds. The van der Waals surface area contributed by atoms with E-state index in [2.05, 4.69) is 10.4 Å². The van der Waals surface area contributed by atoms with Gasteiger partial charge >= 0.3 is 0 Å². The monoisotopic (exact) mass is 332 g/mol. The number of aromatic nitrogens is 2. The summed E-state index contributed by atoms with van der Waals surface area (Å²) in [5.74, 6) is 0.165. The van der Waals surface area contributed by atoms with Crippen molar-refractivity contribution in [1.82, 2.24) is 9.78 Å². The molecule has 0 bridgehead atoms. The molecule has 3 N–H and O–H groups in total. The van der Waals surface area contributed by atoms with Crippen LogP contribution < -0.4 is 20.5 Å². The number of anilines is 1. The largest absolute Gasteiger partial charge is 0.497 e. The molecule has 1 heterocycles. The Labute approximate surface area is 139 Å². The number of carbonyl (C=O) groups is 2. The molecule has 1 aromatic carbocycles. The number of rotatable bonds is 7. The minimum Gasteiger partial charge on any atom is -0.497 e. The molecule has 0 saturated carbocycles. The van der Waals surface area contributed by atoms with Gasteiger partial charge in [0.05, 0.1) is 18.5 Å². The van der Waals surface area contributed by atoms with Crippen molar-refractivity contribution >= 4 is 17.5 Å². The van der Waals surface area contributed by atoms with Gasteiger partial charge in [0.15, 0.2) is 6.61 Å². The summed E-state index contributed by atoms with van der Waals surface area (Å²) < 4.78 is 11.9. The first kappa shape index (κ1) is 17.3. The van der Waals surface area contributed by atoms with Crippen LogP contribution >= 0.6 is 0 Å². The first-order chi connectivity index (χ1) is 11.5. The van der Waals surface area contributed by atoms with Gasteiger partial charge in [-0.25, -0.2) is 0 Å². The number of hydrogen-bond donors (Lipinski definition) is 2. The van der Waals surface area contributed by atoms with Crippen LogP contribution in [0, 0.1) is 6.92 Å². The molecule has 0 unspecified atom stereocenters. The van der Waals surface area contributed by atoms with Crippen LogP contribution in [0.3, 0.4) is 0 Å². The predicted molar refractivity (Wildman–Crippen MR) is 88.3 cm³/mol. The summed E-state index contributed by atoms with van der Waals surface area (Å²) in [4.78, 5) is 23.7. The molecule has 2 aromatic rings. The van der Waals surface area contributed by atoms with E-state index < -0.39 is 11.8 Å². The second-order valence-corrected chi connectivity index (χ2v) is 5.00. The Morgan fingerprint density at radius 3 is 2.42 bits per heavy atom. The van der Waals surface area contributed by atoms with Gasteiger partial charge in [-0.1, -0.05) is 0 Å². The molecule has 0 aliphatic carbocycles. The fraction of sp³-hybridized carbons (Fsp3) is 0.312. The van der Waals surface area contributed by atoms with Crippen molar-refractivity contribution in [2.45, 2.75) is 20.4 Å². The molecule has 8 nitrogen and oxygen atoms in total. The number of aryl methyl sites for hydroxylation is 2. The van der Waals surface area contributed by atoms with E-state index in [-0.39, 0.29) is 12.3 Å². The quantitative estimate of drug-likeness (QED) is 0.795. The van der Waals surface area contributed by atoms with E-state index >= 15 is 0 Å². The standard InChI is InChI=1S/C16H20N4O4/c1-4-20-15(16(17)22)14(10(2)19-20)18-13(21)9-24-12-7-5-11(23-3)6-8-12/h5-8H,4,9H2,1-3H3,(H2,17,22)(H,18,21). The van der Waals surface area contributed by atoms with E-state index in [1.807, 2.05) is 6.92 Å². The average molecular weight is 332 g/mol. The van der Waals surface area contributed by atoms with Crippen molar-refractivity contribution in [2.75, 3.05) is 19.0 Å². The van der Waals surface area contributed by atoms with Gasteiger partial charge in [-0.2, -0.15) is 5.10 Å². The van der Waals surface area contributed by atoms with Gasteiger partial charge in [0.1, 0.15) is 17.2 Å². The lowest BCUT2D eigenvalue weighted by Crippen LogP contribution is -2.24. The summed E-state index contributed by atoms with van der Waals surface area (Å²) in [5.41, 5.74) is 6.38. The van der Waals surface area contributed by atoms with Gasteiger partial charge in [-0.3, -0.25) is 14.3 Å². The number of ether oxygens (including phenoxy) is 2. The first-order valence-corrected chi connectivity index (χ1v) is 7.40. The van der Waals surface area contributed by atoms with E-state index in [0.29, 0.717) is 29.4 Å². The molecular formula is C16H20N4O4. The summed E-state index contributed by atoms with van der Waals surface area (Å²) >= 11 is 0. The lowest BCUT2D eigenvalue weighted by Gasteiger charge is -2.09. The minimum atomic E-state index is -0.649. The maximum atomic E-state index is 12.1. The number of methoxy groups -OCH3 is 1. The second-order valence-electron chi connectivity index (χ2n) is 5.00. The molecule has 128 valence electrons. The third-order valence-electron chi connectivity index (χ3n) is 3.35. The SMILES string of the molecule is CCn1nc(C)c(NC(=O)COc2ccc(OC)cc2)c1C(N)=O. The Balaban J connectivity index is 2.04. The zero-order valence-corrected chi connectivity index (χ0v) is 13.8. The fourth-order valence-corrected chi connectivity index (χ4v) is 2.21. The highest BCUT2D eigenvalue weighted by Gasteiger charge is 2.20. The highest BCUT2D eigenvalue weighted by atomic mass is 16.5. The van der Waals surface area contributed by atoms with Crippen LogP contribution in [0.5, 0.6) is 11.5 Å². The maximum Gasteiger partial charge on any atom is 0.269 e. The highest BCUT2D eigenvalue weighted by molar-refractivity contribution is 6.02. The average Bonchev–Trinajstić information content (AvgIpc) is 2.89. The van der Waals surface area contributed by atoms with Crippen molar-refractivity contribution < 1.29 is 19.1 Å². The Hall–Kier alpha value is -3.03. The molecule has 24 heavy (non-hydrogen) atoms. The van der Waals surface area contributed by atoms with Gasteiger partial charge < -0.3 is 20.5 Å². The third kappa shape index (κ3) is 3.83. The van der Waals surface area contributed by atoms with E-state index in [4.69, 9.17) is 15.2 Å². The number of amides is 2. The lowest BCUT2D eigenvalue weighted by atomic mass is 10.2. The van der Waals surface area contributed by atoms with Gasteiger partial charge in [-0.15, -0.1) is 0 Å². The van der Waals surface area contributed by atoms with Crippen molar-refractivity contribution in [3.8, 4) is 11.5 Å². The van der Waals surface area contributed by atoms with Crippen LogP contribution in [0.25, 0.3) is 0 Å².